The van der Waals surface area contributed by atoms with Crippen molar-refractivity contribution in [2.45, 2.75) is 19.1 Å². The fraction of sp³-hybridized carbons (Fsp3) is 0.208. The fourth-order valence-corrected chi connectivity index (χ4v) is 4.37. The van der Waals surface area contributed by atoms with E-state index in [1.807, 2.05) is 25.2 Å². The first-order valence-electron chi connectivity index (χ1n) is 10.0. The first-order valence-corrected chi connectivity index (χ1v) is 10.0. The molecular formula is C24H22Cl2F3N3O. The topological polar surface area (TPSA) is 39.0 Å². The second-order valence-corrected chi connectivity index (χ2v) is 7.81. The van der Waals surface area contributed by atoms with E-state index in [0.29, 0.717) is 11.1 Å². The third-order valence-corrected chi connectivity index (χ3v) is 6.00. The number of hydrogen-bond acceptors (Lipinski definition) is 2. The van der Waals surface area contributed by atoms with E-state index in [2.05, 4.69) is 9.88 Å². The van der Waals surface area contributed by atoms with Crippen molar-refractivity contribution in [3.8, 4) is 16.8 Å². The van der Waals surface area contributed by atoms with Gasteiger partial charge in [-0.05, 0) is 47.0 Å². The number of benzene rings is 2. The first-order chi connectivity index (χ1) is 14.8. The first kappa shape index (κ1) is 24.9. The molecule has 1 N–H and O–H groups in total. The van der Waals surface area contributed by atoms with Gasteiger partial charge in [-0.25, -0.2) is 0 Å². The summed E-state index contributed by atoms with van der Waals surface area (Å²) in [5.74, 6) is 0. The van der Waals surface area contributed by atoms with Crippen molar-refractivity contribution in [1.29, 1.82) is 0 Å². The number of fused-ring (bicyclic) bond motifs is 3. The zero-order chi connectivity index (χ0) is 21.8. The summed E-state index contributed by atoms with van der Waals surface area (Å²) in [5.41, 5.74) is 4.64. The summed E-state index contributed by atoms with van der Waals surface area (Å²) in [4.78, 5) is 12.8. The van der Waals surface area contributed by atoms with Crippen LogP contribution in [0.1, 0.15) is 16.8 Å². The molecule has 0 unspecified atom stereocenters. The smallest absolute Gasteiger partial charge is 0.347 e. The van der Waals surface area contributed by atoms with Gasteiger partial charge in [0.25, 0.3) is 5.56 Å². The number of hydrogen-bond donors (Lipinski definition) is 1. The number of nitrogens with zero attached hydrogens (tertiary/aromatic N) is 2. The summed E-state index contributed by atoms with van der Waals surface area (Å²) >= 11 is 0. The zero-order valence-electron chi connectivity index (χ0n) is 17.6. The molecule has 0 bridgehead atoms. The van der Waals surface area contributed by atoms with Crippen LogP contribution >= 0.6 is 24.8 Å². The molecule has 4 nitrogen and oxygen atoms in total. The molecule has 1 aliphatic heterocycles. The molecule has 4 aromatic rings. The van der Waals surface area contributed by atoms with Crippen LogP contribution in [0, 0.1) is 0 Å². The van der Waals surface area contributed by atoms with Gasteiger partial charge in [-0.3, -0.25) is 9.36 Å². The summed E-state index contributed by atoms with van der Waals surface area (Å²) in [6.45, 7) is 1.79. The third-order valence-electron chi connectivity index (χ3n) is 6.00. The highest BCUT2D eigenvalue weighted by Crippen LogP contribution is 2.31. The fourth-order valence-electron chi connectivity index (χ4n) is 4.37. The molecule has 0 spiro atoms. The Hall–Kier alpha value is -2.74. The van der Waals surface area contributed by atoms with Gasteiger partial charge in [-0.1, -0.05) is 18.2 Å². The Morgan fingerprint density at radius 1 is 0.939 bits per heavy atom. The Kier molecular flexibility index (Phi) is 6.98. The Labute approximate surface area is 200 Å². The summed E-state index contributed by atoms with van der Waals surface area (Å²) in [5, 5.41) is 4.59. The van der Waals surface area contributed by atoms with E-state index in [-0.39, 0.29) is 30.4 Å². The molecule has 0 aliphatic carbocycles. The molecule has 1 aliphatic rings. The SMILES string of the molecule is Cl.Cl.Cn1c2c(c3ccc(-n4ccc(-c5ccc(C(F)(F)F)cc5)cc4=O)cc31)CNCC2. The predicted octanol–water partition coefficient (Wildman–Crippen LogP) is 5.50. The molecule has 0 radical (unpaired) electrons. The van der Waals surface area contributed by atoms with Crippen molar-refractivity contribution >= 4 is 35.7 Å². The number of pyridine rings is 1. The summed E-state index contributed by atoms with van der Waals surface area (Å²) in [6.07, 6.45) is -1.74. The number of rotatable bonds is 2. The Morgan fingerprint density at radius 2 is 1.67 bits per heavy atom. The monoisotopic (exact) mass is 495 g/mol. The van der Waals surface area contributed by atoms with Crippen LogP contribution in [0.15, 0.2) is 65.6 Å². The summed E-state index contributed by atoms with van der Waals surface area (Å²) in [7, 11) is 2.05. The van der Waals surface area contributed by atoms with Crippen LogP contribution in [0.4, 0.5) is 13.2 Å². The van der Waals surface area contributed by atoms with Gasteiger partial charge in [-0.15, -0.1) is 24.8 Å². The molecule has 0 amide bonds. The molecule has 9 heteroatoms. The van der Waals surface area contributed by atoms with E-state index in [9.17, 15) is 18.0 Å². The molecule has 0 saturated carbocycles. The average Bonchev–Trinajstić information content (AvgIpc) is 3.05. The molecule has 2 aromatic carbocycles. The second-order valence-electron chi connectivity index (χ2n) is 7.81. The number of nitrogens with one attached hydrogen (secondary N) is 1. The lowest BCUT2D eigenvalue weighted by molar-refractivity contribution is -0.137. The lowest BCUT2D eigenvalue weighted by atomic mass is 10.0. The second kappa shape index (κ2) is 9.25. The van der Waals surface area contributed by atoms with Gasteiger partial charge in [0.15, 0.2) is 0 Å². The largest absolute Gasteiger partial charge is 0.416 e. The van der Waals surface area contributed by atoms with E-state index in [1.54, 1.807) is 16.8 Å². The zero-order valence-corrected chi connectivity index (χ0v) is 19.3. The maximum Gasteiger partial charge on any atom is 0.416 e. The Morgan fingerprint density at radius 3 is 2.33 bits per heavy atom. The molecule has 33 heavy (non-hydrogen) atoms. The lowest BCUT2D eigenvalue weighted by Gasteiger charge is -2.14. The molecule has 5 rings (SSSR count). The molecule has 3 heterocycles. The Balaban J connectivity index is 0.00000153. The molecule has 174 valence electrons. The van der Waals surface area contributed by atoms with Crippen LogP contribution in [-0.2, 0) is 26.2 Å². The summed E-state index contributed by atoms with van der Waals surface area (Å²) < 4.78 is 42.1. The Bertz CT molecular complexity index is 1360. The average molecular weight is 496 g/mol. The van der Waals surface area contributed by atoms with Crippen LogP contribution in [0.5, 0.6) is 0 Å². The lowest BCUT2D eigenvalue weighted by Crippen LogP contribution is -2.24. The predicted molar refractivity (Wildman–Crippen MR) is 129 cm³/mol. The number of alkyl halides is 3. The molecule has 0 atom stereocenters. The van der Waals surface area contributed by atoms with Crippen molar-refractivity contribution in [1.82, 2.24) is 14.5 Å². The van der Waals surface area contributed by atoms with Crippen LogP contribution in [0.25, 0.3) is 27.7 Å². The van der Waals surface area contributed by atoms with Crippen molar-refractivity contribution < 1.29 is 13.2 Å². The standard InChI is InChI=1S/C24H20F3N3O.2ClH/c1-29-21-8-10-28-14-20(21)19-7-6-18(13-22(19)29)30-11-9-16(12-23(30)31)15-2-4-17(5-3-15)24(25,26)27;;/h2-7,9,11-13,28H,8,10,14H2,1H3;2*1H. The minimum Gasteiger partial charge on any atom is -0.347 e. The number of aromatic nitrogens is 2. The van der Waals surface area contributed by atoms with E-state index in [1.165, 1.54) is 34.8 Å². The van der Waals surface area contributed by atoms with E-state index in [0.717, 1.165) is 42.8 Å². The summed E-state index contributed by atoms with van der Waals surface area (Å²) in [6, 6.07) is 14.0. The molecule has 2 aromatic heterocycles. The number of aryl methyl sites for hydroxylation is 1. The van der Waals surface area contributed by atoms with Gasteiger partial charge in [0.05, 0.1) is 16.8 Å². The maximum absolute atomic E-state index is 12.8. The molecule has 0 fully saturated rings. The third kappa shape index (κ3) is 4.40. The van der Waals surface area contributed by atoms with Gasteiger partial charge in [0.2, 0.25) is 0 Å². The van der Waals surface area contributed by atoms with E-state index in [4.69, 9.17) is 0 Å². The highest BCUT2D eigenvalue weighted by atomic mass is 35.5. The van der Waals surface area contributed by atoms with Crippen LogP contribution < -0.4 is 10.9 Å². The van der Waals surface area contributed by atoms with Crippen molar-refractivity contribution in [3.05, 3.63) is 88.0 Å². The van der Waals surface area contributed by atoms with Crippen molar-refractivity contribution in [2.24, 2.45) is 7.05 Å². The quantitative estimate of drug-likeness (QED) is 0.398. The van der Waals surface area contributed by atoms with E-state index >= 15 is 0 Å². The van der Waals surface area contributed by atoms with Gasteiger partial charge in [-0.2, -0.15) is 13.2 Å². The molecular weight excluding hydrogens is 474 g/mol. The highest BCUT2D eigenvalue weighted by molar-refractivity contribution is 5.87. The maximum atomic E-state index is 12.8. The minimum absolute atomic E-state index is 0. The van der Waals surface area contributed by atoms with Gasteiger partial charge in [0, 0.05) is 49.9 Å². The van der Waals surface area contributed by atoms with Gasteiger partial charge >= 0.3 is 6.18 Å². The van der Waals surface area contributed by atoms with Crippen molar-refractivity contribution in [2.75, 3.05) is 6.54 Å². The van der Waals surface area contributed by atoms with Crippen LogP contribution in [0.2, 0.25) is 0 Å². The normalized spacial score (nSPS) is 13.2. The highest BCUT2D eigenvalue weighted by Gasteiger charge is 2.30. The number of halogens is 5. The van der Waals surface area contributed by atoms with Gasteiger partial charge in [0.1, 0.15) is 0 Å². The van der Waals surface area contributed by atoms with Gasteiger partial charge < -0.3 is 9.88 Å². The molecule has 0 saturated heterocycles. The van der Waals surface area contributed by atoms with Crippen LogP contribution in [-0.4, -0.2) is 15.7 Å². The van der Waals surface area contributed by atoms with Crippen molar-refractivity contribution in [3.63, 3.8) is 0 Å². The van der Waals surface area contributed by atoms with E-state index < -0.39 is 11.7 Å². The van der Waals surface area contributed by atoms with Crippen LogP contribution in [0.3, 0.4) is 0 Å². The minimum atomic E-state index is -4.38.